The van der Waals surface area contributed by atoms with Gasteiger partial charge in [0.15, 0.2) is 5.78 Å². The summed E-state index contributed by atoms with van der Waals surface area (Å²) < 4.78 is 15.9. The van der Waals surface area contributed by atoms with Crippen LogP contribution >= 0.6 is 0 Å². The Balaban J connectivity index is 0.000000385. The molecule has 0 spiro atoms. The SMILES string of the molecule is C.C.CCCCOc1nc(N)c([N+](=O)[O-])c(N(CCC2CCN(C)CC2)CC(=O)OC)n1.CCCCOc1nc(N)c2c(n1)N(CCC1CCNCC1)CC(=O)C2. The van der Waals surface area contributed by atoms with Crippen LogP contribution in [0.5, 0.6) is 12.0 Å². The minimum atomic E-state index is -0.625. The predicted octanol–water partition coefficient (Wildman–Crippen LogP) is 4.69. The topological polar surface area (TPSA) is 230 Å². The first kappa shape index (κ1) is 48.6. The minimum absolute atomic E-state index is 0. The first-order valence-electron chi connectivity index (χ1n) is 19.7. The number of carbonyl (C=O) groups is 2. The quantitative estimate of drug-likeness (QED) is 0.0803. The highest BCUT2D eigenvalue weighted by Crippen LogP contribution is 2.34. The summed E-state index contributed by atoms with van der Waals surface area (Å²) in [7, 11) is 3.37. The standard InChI is InChI=1S/C19H32N6O5.C18H29N5O2.2CH4/c1-4-5-12-30-19-21-17(20)16(25(27)28)18(22-19)24(13-15(26)29-3)11-8-14-6-9-23(2)10-7-14;1-2-3-10-25-18-21-16(19)15-11-14(24)12-23(17(15)22-18)9-6-13-4-7-20-8-5-13;;/h14H,4-13H2,1-3H3,(H2,20,21,22);13,20H,2-12H2,1H3,(H2,19,21,22);2*1H4. The highest BCUT2D eigenvalue weighted by atomic mass is 16.6. The molecule has 5 heterocycles. The second-order valence-electron chi connectivity index (χ2n) is 14.6. The Kier molecular flexibility index (Phi) is 21.2. The summed E-state index contributed by atoms with van der Waals surface area (Å²) in [6, 6.07) is 0.293. The van der Waals surface area contributed by atoms with Crippen molar-refractivity contribution in [2.45, 2.75) is 99.3 Å². The van der Waals surface area contributed by atoms with Crippen LogP contribution in [0.3, 0.4) is 0 Å². The zero-order valence-corrected chi connectivity index (χ0v) is 33.1. The molecule has 0 aromatic carbocycles. The van der Waals surface area contributed by atoms with E-state index in [1.807, 2.05) is 6.92 Å². The number of aromatic nitrogens is 4. The molecular weight excluding hydrogens is 734 g/mol. The van der Waals surface area contributed by atoms with Crippen molar-refractivity contribution in [3.8, 4) is 12.0 Å². The number of hydrogen-bond donors (Lipinski definition) is 3. The molecule has 0 unspecified atom stereocenters. The largest absolute Gasteiger partial charge is 0.468 e. The average Bonchev–Trinajstić information content (AvgIpc) is 3.17. The van der Waals surface area contributed by atoms with Crippen molar-refractivity contribution in [1.82, 2.24) is 30.2 Å². The molecule has 5 rings (SSSR count). The Morgan fingerprint density at radius 1 is 0.930 bits per heavy atom. The highest BCUT2D eigenvalue weighted by Gasteiger charge is 2.31. The van der Waals surface area contributed by atoms with E-state index in [-0.39, 0.29) is 44.8 Å². The molecule has 2 saturated heterocycles. The van der Waals surface area contributed by atoms with E-state index < -0.39 is 16.6 Å². The molecule has 2 aromatic rings. The molecule has 18 nitrogen and oxygen atoms in total. The van der Waals surface area contributed by atoms with Gasteiger partial charge in [0.2, 0.25) is 11.6 Å². The Morgan fingerprint density at radius 2 is 1.53 bits per heavy atom. The Morgan fingerprint density at radius 3 is 2.12 bits per heavy atom. The summed E-state index contributed by atoms with van der Waals surface area (Å²) >= 11 is 0. The van der Waals surface area contributed by atoms with Gasteiger partial charge in [0.05, 0.1) is 31.8 Å². The number of likely N-dealkylation sites (tertiary alicyclic amines) is 1. The summed E-state index contributed by atoms with van der Waals surface area (Å²) in [5.74, 6) is 1.69. The maximum absolute atomic E-state index is 12.1. The predicted molar refractivity (Wildman–Crippen MR) is 224 cm³/mol. The molecule has 57 heavy (non-hydrogen) atoms. The number of methoxy groups -OCH3 is 1. The number of nitrogen functional groups attached to an aromatic ring is 2. The van der Waals surface area contributed by atoms with Gasteiger partial charge in [0, 0.05) is 25.1 Å². The number of ketones is 1. The Labute approximate surface area is 339 Å². The molecule has 0 bridgehead atoms. The first-order valence-corrected chi connectivity index (χ1v) is 19.7. The molecule has 0 radical (unpaired) electrons. The van der Waals surface area contributed by atoms with Crippen molar-refractivity contribution in [1.29, 1.82) is 0 Å². The molecule has 0 amide bonds. The molecule has 5 N–H and O–H groups in total. The van der Waals surface area contributed by atoms with Gasteiger partial charge >= 0.3 is 23.7 Å². The number of ether oxygens (including phenoxy) is 3. The van der Waals surface area contributed by atoms with Gasteiger partial charge < -0.3 is 45.7 Å². The Bertz CT molecular complexity index is 1550. The maximum Gasteiger partial charge on any atom is 0.353 e. The van der Waals surface area contributed by atoms with E-state index in [0.29, 0.717) is 56.4 Å². The van der Waals surface area contributed by atoms with E-state index >= 15 is 0 Å². The molecule has 18 heteroatoms. The third-order valence-corrected chi connectivity index (χ3v) is 10.3. The normalized spacial score (nSPS) is 15.9. The highest BCUT2D eigenvalue weighted by molar-refractivity contribution is 5.91. The van der Waals surface area contributed by atoms with E-state index in [9.17, 15) is 19.7 Å². The fourth-order valence-corrected chi connectivity index (χ4v) is 6.88. The van der Waals surface area contributed by atoms with Gasteiger partial charge in [-0.2, -0.15) is 19.9 Å². The van der Waals surface area contributed by atoms with Crippen molar-refractivity contribution < 1.29 is 28.7 Å². The molecule has 0 saturated carbocycles. The third-order valence-electron chi connectivity index (χ3n) is 10.3. The number of nitro groups is 1. The number of unbranched alkanes of at least 4 members (excludes halogenated alkanes) is 2. The number of nitrogens with two attached hydrogens (primary N) is 2. The number of Topliss-reactive ketones (excluding diaryl/α,β-unsaturated/α-hetero) is 1. The number of anilines is 4. The minimum Gasteiger partial charge on any atom is -0.468 e. The van der Waals surface area contributed by atoms with E-state index in [0.717, 1.165) is 95.5 Å². The number of hydrogen-bond acceptors (Lipinski definition) is 17. The van der Waals surface area contributed by atoms with Crippen LogP contribution in [0, 0.1) is 22.0 Å². The maximum atomic E-state index is 12.1. The molecule has 0 aliphatic carbocycles. The zero-order valence-electron chi connectivity index (χ0n) is 33.1. The third kappa shape index (κ3) is 15.0. The number of nitrogens with zero attached hydrogens (tertiary/aromatic N) is 8. The lowest BCUT2D eigenvalue weighted by atomic mass is 9.93. The van der Waals surface area contributed by atoms with Crippen LogP contribution in [0.2, 0.25) is 0 Å². The van der Waals surface area contributed by atoms with Gasteiger partial charge in [-0.3, -0.25) is 19.7 Å². The van der Waals surface area contributed by atoms with Crippen molar-refractivity contribution in [3.63, 3.8) is 0 Å². The molecule has 3 aliphatic heterocycles. The van der Waals surface area contributed by atoms with Crippen LogP contribution in [0.4, 0.5) is 29.0 Å². The summed E-state index contributed by atoms with van der Waals surface area (Å²) in [5, 5.41) is 15.1. The van der Waals surface area contributed by atoms with Crippen LogP contribution in [0.25, 0.3) is 0 Å². The molecule has 2 aromatic heterocycles. The van der Waals surface area contributed by atoms with E-state index in [4.69, 9.17) is 25.7 Å². The fourth-order valence-electron chi connectivity index (χ4n) is 6.88. The Hall–Kier alpha value is -4.58. The van der Waals surface area contributed by atoms with Crippen LogP contribution in [0.1, 0.15) is 98.5 Å². The molecule has 0 atom stereocenters. The fraction of sp³-hybridized carbons (Fsp3) is 0.744. The van der Waals surface area contributed by atoms with Gasteiger partial charge in [0.1, 0.15) is 18.2 Å². The van der Waals surface area contributed by atoms with Crippen LogP contribution in [-0.4, -0.2) is 121 Å². The average molecular weight is 804 g/mol. The number of piperidine rings is 2. The van der Waals surface area contributed by atoms with Crippen molar-refractivity contribution in [2.24, 2.45) is 11.8 Å². The second kappa shape index (κ2) is 24.9. The number of nitrogens with one attached hydrogen (secondary N) is 1. The van der Waals surface area contributed by atoms with E-state index in [1.165, 1.54) is 20.0 Å². The lowest BCUT2D eigenvalue weighted by Crippen LogP contribution is -2.39. The van der Waals surface area contributed by atoms with Crippen LogP contribution in [-0.2, 0) is 20.7 Å². The lowest BCUT2D eigenvalue weighted by molar-refractivity contribution is -0.383. The van der Waals surface area contributed by atoms with Gasteiger partial charge in [-0.1, -0.05) is 41.5 Å². The number of rotatable bonds is 18. The molecule has 322 valence electrons. The monoisotopic (exact) mass is 804 g/mol. The van der Waals surface area contributed by atoms with Gasteiger partial charge in [-0.05, 0) is 96.4 Å². The second-order valence-corrected chi connectivity index (χ2v) is 14.6. The van der Waals surface area contributed by atoms with Crippen molar-refractivity contribution >= 4 is 40.7 Å². The molecular formula is C39H69N11O7. The molecule has 3 aliphatic rings. The van der Waals surface area contributed by atoms with Crippen LogP contribution < -0.4 is 36.1 Å². The van der Waals surface area contributed by atoms with Crippen LogP contribution in [0.15, 0.2) is 0 Å². The number of carbonyl (C=O) groups excluding carboxylic acids is 2. The summed E-state index contributed by atoms with van der Waals surface area (Å²) in [4.78, 5) is 58.1. The first-order chi connectivity index (χ1) is 26.5. The summed E-state index contributed by atoms with van der Waals surface area (Å²) in [6.45, 7) is 10.8. The lowest BCUT2D eigenvalue weighted by Gasteiger charge is -2.32. The van der Waals surface area contributed by atoms with E-state index in [2.05, 4.69) is 49.0 Å². The number of esters is 1. The smallest absolute Gasteiger partial charge is 0.353 e. The number of fused-ring (bicyclic) bond motifs is 1. The zero-order chi connectivity index (χ0) is 39.7. The van der Waals surface area contributed by atoms with E-state index in [1.54, 1.807) is 4.90 Å². The van der Waals surface area contributed by atoms with Crippen molar-refractivity contribution in [3.05, 3.63) is 15.7 Å². The summed E-state index contributed by atoms with van der Waals surface area (Å²) in [5.41, 5.74) is 12.3. The van der Waals surface area contributed by atoms with Gasteiger partial charge in [0.25, 0.3) is 0 Å². The van der Waals surface area contributed by atoms with Gasteiger partial charge in [-0.15, -0.1) is 0 Å². The van der Waals surface area contributed by atoms with Gasteiger partial charge in [-0.25, -0.2) is 0 Å². The molecule has 2 fully saturated rings. The summed E-state index contributed by atoms with van der Waals surface area (Å²) in [6.07, 6.45) is 10.4. The van der Waals surface area contributed by atoms with Crippen molar-refractivity contribution in [2.75, 3.05) is 101 Å².